The summed E-state index contributed by atoms with van der Waals surface area (Å²) in [6, 6.07) is 31.5. The molecular weight excluding hydrogens is 308 g/mol. The first-order valence-electron chi connectivity index (χ1n) is 8.78. The smallest absolute Gasteiger partial charge is 0.143 e. The molecule has 0 amide bonds. The second-order valence-electron chi connectivity index (χ2n) is 6.49. The van der Waals surface area contributed by atoms with Crippen LogP contribution in [0.25, 0.3) is 0 Å². The highest BCUT2D eigenvalue weighted by Crippen LogP contribution is 2.40. The molecule has 0 aliphatic carbocycles. The minimum atomic E-state index is -0.612. The summed E-state index contributed by atoms with van der Waals surface area (Å²) in [4.78, 5) is 0. The molecule has 25 heavy (non-hydrogen) atoms. The Labute approximate surface area is 149 Å². The Kier molecular flexibility index (Phi) is 4.64. The molecule has 0 unspecified atom stereocenters. The maximum absolute atomic E-state index is 6.71. The normalized spacial score (nSPS) is 14.9. The van der Waals surface area contributed by atoms with Crippen molar-refractivity contribution in [2.24, 2.45) is 5.92 Å². The average Bonchev–Trinajstić information content (AvgIpc) is 2.66. The minimum Gasteiger partial charge on any atom is -0.381 e. The second-order valence-corrected chi connectivity index (χ2v) is 6.49. The molecule has 1 heterocycles. The van der Waals surface area contributed by atoms with Crippen molar-refractivity contribution in [3.8, 4) is 0 Å². The quantitative estimate of drug-likeness (QED) is 0.613. The summed E-state index contributed by atoms with van der Waals surface area (Å²) in [6.07, 6.45) is 0. The molecule has 1 saturated heterocycles. The zero-order chi connectivity index (χ0) is 17.0. The van der Waals surface area contributed by atoms with Gasteiger partial charge in [-0.2, -0.15) is 0 Å². The molecule has 3 aromatic rings. The SMILES string of the molecule is c1ccc(C(OCC2COC2)(c2ccccc2)c2ccccc2)cc1. The Morgan fingerprint density at radius 2 is 1.08 bits per heavy atom. The van der Waals surface area contributed by atoms with E-state index in [1.807, 2.05) is 18.2 Å². The summed E-state index contributed by atoms with van der Waals surface area (Å²) >= 11 is 0. The van der Waals surface area contributed by atoms with Gasteiger partial charge in [-0.1, -0.05) is 91.0 Å². The van der Waals surface area contributed by atoms with Crippen molar-refractivity contribution in [3.05, 3.63) is 108 Å². The van der Waals surface area contributed by atoms with Crippen LogP contribution in [0.5, 0.6) is 0 Å². The molecule has 4 rings (SSSR count). The van der Waals surface area contributed by atoms with Gasteiger partial charge in [-0.05, 0) is 16.7 Å². The number of hydrogen-bond acceptors (Lipinski definition) is 2. The lowest BCUT2D eigenvalue weighted by atomic mass is 9.80. The molecule has 3 aromatic carbocycles. The van der Waals surface area contributed by atoms with Gasteiger partial charge in [0.15, 0.2) is 0 Å². The molecule has 2 nitrogen and oxygen atoms in total. The second kappa shape index (κ2) is 7.22. The molecular formula is C23H22O2. The van der Waals surface area contributed by atoms with Crippen molar-refractivity contribution in [3.63, 3.8) is 0 Å². The van der Waals surface area contributed by atoms with Gasteiger partial charge in [0, 0.05) is 5.92 Å². The molecule has 0 radical (unpaired) electrons. The fourth-order valence-electron chi connectivity index (χ4n) is 3.39. The van der Waals surface area contributed by atoms with Crippen molar-refractivity contribution in [1.82, 2.24) is 0 Å². The standard InChI is InChI=1S/C23H22O2/c1-4-10-20(11-5-1)23(21-12-6-2-7-13-21,22-14-8-3-9-15-22)25-18-19-16-24-17-19/h1-15,19H,16-18H2. The van der Waals surface area contributed by atoms with E-state index in [4.69, 9.17) is 9.47 Å². The molecule has 1 aliphatic rings. The van der Waals surface area contributed by atoms with Gasteiger partial charge in [0.1, 0.15) is 5.60 Å². The molecule has 0 saturated carbocycles. The highest BCUT2D eigenvalue weighted by Gasteiger charge is 2.38. The summed E-state index contributed by atoms with van der Waals surface area (Å²) in [5.41, 5.74) is 2.83. The Hall–Kier alpha value is -2.42. The van der Waals surface area contributed by atoms with Gasteiger partial charge >= 0.3 is 0 Å². The van der Waals surface area contributed by atoms with E-state index >= 15 is 0 Å². The predicted octanol–water partition coefficient (Wildman–Crippen LogP) is 4.64. The maximum Gasteiger partial charge on any atom is 0.143 e. The first-order valence-corrected chi connectivity index (χ1v) is 8.78. The van der Waals surface area contributed by atoms with Gasteiger partial charge in [0.25, 0.3) is 0 Å². The van der Waals surface area contributed by atoms with Crippen LogP contribution in [0, 0.1) is 5.92 Å². The number of rotatable bonds is 6. The summed E-state index contributed by atoms with van der Waals surface area (Å²) in [5.74, 6) is 0.468. The zero-order valence-corrected chi connectivity index (χ0v) is 14.2. The van der Waals surface area contributed by atoms with Crippen LogP contribution in [-0.4, -0.2) is 19.8 Å². The largest absolute Gasteiger partial charge is 0.381 e. The van der Waals surface area contributed by atoms with Crippen molar-refractivity contribution < 1.29 is 9.47 Å². The molecule has 2 heteroatoms. The number of benzene rings is 3. The van der Waals surface area contributed by atoms with Gasteiger partial charge in [0.2, 0.25) is 0 Å². The summed E-state index contributed by atoms with van der Waals surface area (Å²) in [7, 11) is 0. The molecule has 0 N–H and O–H groups in total. The molecule has 0 aromatic heterocycles. The Morgan fingerprint density at radius 1 is 0.680 bits per heavy atom. The monoisotopic (exact) mass is 330 g/mol. The number of hydrogen-bond donors (Lipinski definition) is 0. The predicted molar refractivity (Wildman–Crippen MR) is 99.5 cm³/mol. The van der Waals surface area contributed by atoms with Crippen LogP contribution in [0.3, 0.4) is 0 Å². The summed E-state index contributed by atoms with van der Waals surface area (Å²) < 4.78 is 12.0. The van der Waals surface area contributed by atoms with E-state index in [1.165, 1.54) is 0 Å². The van der Waals surface area contributed by atoms with E-state index < -0.39 is 5.60 Å². The summed E-state index contributed by atoms with van der Waals surface area (Å²) in [6.45, 7) is 2.25. The van der Waals surface area contributed by atoms with E-state index in [0.29, 0.717) is 12.5 Å². The lowest BCUT2D eigenvalue weighted by Gasteiger charge is -2.38. The molecule has 0 atom stereocenters. The highest BCUT2D eigenvalue weighted by atomic mass is 16.5. The number of ether oxygens (including phenoxy) is 2. The summed E-state index contributed by atoms with van der Waals surface area (Å²) in [5, 5.41) is 0. The topological polar surface area (TPSA) is 18.5 Å². The lowest BCUT2D eigenvalue weighted by molar-refractivity contribution is -0.1000. The van der Waals surface area contributed by atoms with Gasteiger partial charge in [-0.3, -0.25) is 0 Å². The van der Waals surface area contributed by atoms with Gasteiger partial charge < -0.3 is 9.47 Å². The van der Waals surface area contributed by atoms with Gasteiger partial charge in [-0.15, -0.1) is 0 Å². The first kappa shape index (κ1) is 16.1. The van der Waals surface area contributed by atoms with Crippen LogP contribution >= 0.6 is 0 Å². The van der Waals surface area contributed by atoms with Crippen LogP contribution in [-0.2, 0) is 15.1 Å². The van der Waals surface area contributed by atoms with Crippen molar-refractivity contribution >= 4 is 0 Å². The third-order valence-corrected chi connectivity index (χ3v) is 4.78. The van der Waals surface area contributed by atoms with E-state index in [0.717, 1.165) is 29.9 Å². The minimum absolute atomic E-state index is 0.468. The van der Waals surface area contributed by atoms with Crippen LogP contribution in [0.4, 0.5) is 0 Å². The van der Waals surface area contributed by atoms with E-state index in [-0.39, 0.29) is 0 Å². The molecule has 1 fully saturated rings. The molecule has 0 bridgehead atoms. The fraction of sp³-hybridized carbons (Fsp3) is 0.217. The van der Waals surface area contributed by atoms with Crippen LogP contribution in [0.2, 0.25) is 0 Å². The third-order valence-electron chi connectivity index (χ3n) is 4.78. The Bertz CT molecular complexity index is 683. The van der Waals surface area contributed by atoms with Crippen LogP contribution in [0.15, 0.2) is 91.0 Å². The maximum atomic E-state index is 6.71. The molecule has 126 valence electrons. The van der Waals surface area contributed by atoms with Crippen molar-refractivity contribution in [1.29, 1.82) is 0 Å². The van der Waals surface area contributed by atoms with E-state index in [9.17, 15) is 0 Å². The van der Waals surface area contributed by atoms with E-state index in [1.54, 1.807) is 0 Å². The third kappa shape index (κ3) is 3.11. The lowest BCUT2D eigenvalue weighted by Crippen LogP contribution is -2.39. The Balaban J connectivity index is 1.87. The highest BCUT2D eigenvalue weighted by molar-refractivity contribution is 5.47. The zero-order valence-electron chi connectivity index (χ0n) is 14.2. The average molecular weight is 330 g/mol. The van der Waals surface area contributed by atoms with Crippen LogP contribution in [0.1, 0.15) is 16.7 Å². The van der Waals surface area contributed by atoms with Gasteiger partial charge in [0.05, 0.1) is 19.8 Å². The molecule has 1 aliphatic heterocycles. The Morgan fingerprint density at radius 3 is 1.40 bits per heavy atom. The van der Waals surface area contributed by atoms with Crippen LogP contribution < -0.4 is 0 Å². The fourth-order valence-corrected chi connectivity index (χ4v) is 3.39. The molecule has 0 spiro atoms. The van der Waals surface area contributed by atoms with Crippen molar-refractivity contribution in [2.75, 3.05) is 19.8 Å². The van der Waals surface area contributed by atoms with Gasteiger partial charge in [-0.25, -0.2) is 0 Å². The van der Waals surface area contributed by atoms with E-state index in [2.05, 4.69) is 72.8 Å². The van der Waals surface area contributed by atoms with Crippen molar-refractivity contribution in [2.45, 2.75) is 5.60 Å². The first-order chi connectivity index (χ1) is 12.4.